The Morgan fingerprint density at radius 1 is 1.37 bits per heavy atom. The van der Waals surface area contributed by atoms with E-state index < -0.39 is 17.9 Å². The second-order valence-electron chi connectivity index (χ2n) is 4.91. The summed E-state index contributed by atoms with van der Waals surface area (Å²) in [6.45, 7) is 1.57. The van der Waals surface area contributed by atoms with E-state index in [1.54, 1.807) is 18.2 Å². The lowest BCUT2D eigenvalue weighted by atomic mass is 9.86. The highest BCUT2D eigenvalue weighted by Crippen LogP contribution is 2.24. The summed E-state index contributed by atoms with van der Waals surface area (Å²) >= 11 is 0. The van der Waals surface area contributed by atoms with Gasteiger partial charge in [0.2, 0.25) is 0 Å². The van der Waals surface area contributed by atoms with Crippen LogP contribution in [0.25, 0.3) is 0 Å². The van der Waals surface area contributed by atoms with Gasteiger partial charge in [-0.05, 0) is 49.5 Å². The third-order valence-corrected chi connectivity index (χ3v) is 3.61. The Morgan fingerprint density at radius 2 is 2.16 bits per heavy atom. The third-order valence-electron chi connectivity index (χ3n) is 3.61. The highest BCUT2D eigenvalue weighted by Gasteiger charge is 2.30. The van der Waals surface area contributed by atoms with Crippen molar-refractivity contribution in [2.75, 3.05) is 13.1 Å². The minimum absolute atomic E-state index is 0.117. The molecule has 1 aliphatic rings. The summed E-state index contributed by atoms with van der Waals surface area (Å²) < 4.78 is 0. The Bertz CT molecular complexity index is 480. The van der Waals surface area contributed by atoms with Crippen molar-refractivity contribution in [1.82, 2.24) is 5.32 Å². The van der Waals surface area contributed by atoms with Crippen LogP contribution in [-0.2, 0) is 11.2 Å². The normalized spacial score (nSPS) is 20.1. The highest BCUT2D eigenvalue weighted by molar-refractivity contribution is 5.87. The first-order valence-electron chi connectivity index (χ1n) is 6.33. The number of nitrogens with one attached hydrogen (secondary N) is 1. The number of carboxylic acids is 2. The van der Waals surface area contributed by atoms with Crippen LogP contribution < -0.4 is 5.32 Å². The minimum atomic E-state index is -0.990. The monoisotopic (exact) mass is 263 g/mol. The van der Waals surface area contributed by atoms with Crippen molar-refractivity contribution in [3.8, 4) is 0 Å². The second kappa shape index (κ2) is 5.84. The maximum Gasteiger partial charge on any atom is 0.335 e. The summed E-state index contributed by atoms with van der Waals surface area (Å²) in [7, 11) is 0. The quantitative estimate of drug-likeness (QED) is 0.744. The first kappa shape index (κ1) is 13.5. The molecule has 2 rings (SSSR count). The smallest absolute Gasteiger partial charge is 0.335 e. The summed E-state index contributed by atoms with van der Waals surface area (Å²) in [5.74, 6) is -2.14. The van der Waals surface area contributed by atoms with Gasteiger partial charge >= 0.3 is 11.9 Å². The predicted octanol–water partition coefficient (Wildman–Crippen LogP) is 1.24. The van der Waals surface area contributed by atoms with Gasteiger partial charge in [-0.1, -0.05) is 12.1 Å². The van der Waals surface area contributed by atoms with Crippen molar-refractivity contribution in [2.45, 2.75) is 12.8 Å². The molecule has 1 saturated heterocycles. The second-order valence-corrected chi connectivity index (χ2v) is 4.91. The van der Waals surface area contributed by atoms with Gasteiger partial charge in [-0.15, -0.1) is 0 Å². The number of aromatic carboxylic acids is 1. The van der Waals surface area contributed by atoms with Gasteiger partial charge in [0.25, 0.3) is 0 Å². The molecule has 5 nitrogen and oxygen atoms in total. The molecule has 102 valence electrons. The van der Waals surface area contributed by atoms with Crippen LogP contribution in [0.4, 0.5) is 0 Å². The molecule has 0 aliphatic carbocycles. The van der Waals surface area contributed by atoms with Gasteiger partial charge in [0.05, 0.1) is 11.5 Å². The topological polar surface area (TPSA) is 86.6 Å². The molecule has 0 amide bonds. The first-order valence-corrected chi connectivity index (χ1v) is 6.33. The molecule has 0 aromatic heterocycles. The summed E-state index contributed by atoms with van der Waals surface area (Å²) in [5, 5.41) is 21.4. The lowest BCUT2D eigenvalue weighted by Gasteiger charge is -2.18. The van der Waals surface area contributed by atoms with E-state index in [-0.39, 0.29) is 11.5 Å². The average Bonchev–Trinajstić information content (AvgIpc) is 2.89. The lowest BCUT2D eigenvalue weighted by molar-refractivity contribution is -0.143. The van der Waals surface area contributed by atoms with E-state index in [2.05, 4.69) is 5.32 Å². The minimum Gasteiger partial charge on any atom is -0.481 e. The molecule has 19 heavy (non-hydrogen) atoms. The summed E-state index contributed by atoms with van der Waals surface area (Å²) in [6.07, 6.45) is 1.23. The number of hydrogen-bond acceptors (Lipinski definition) is 3. The zero-order chi connectivity index (χ0) is 13.8. The van der Waals surface area contributed by atoms with Crippen LogP contribution in [0.2, 0.25) is 0 Å². The fraction of sp³-hybridized carbons (Fsp3) is 0.429. The molecule has 1 heterocycles. The van der Waals surface area contributed by atoms with E-state index in [1.165, 1.54) is 6.07 Å². The van der Waals surface area contributed by atoms with Crippen LogP contribution >= 0.6 is 0 Å². The van der Waals surface area contributed by atoms with Crippen molar-refractivity contribution in [2.24, 2.45) is 11.8 Å². The standard InChI is InChI=1S/C14H17NO4/c16-13(17)10-3-1-2-9(6-10)7-12(14(18)19)11-4-5-15-8-11/h1-3,6,11-12,15H,4-5,7-8H2,(H,16,17)(H,18,19)/t11-,12?/m0/s1. The number of aliphatic carboxylic acids is 1. The molecule has 0 bridgehead atoms. The van der Waals surface area contributed by atoms with E-state index in [0.29, 0.717) is 6.42 Å². The van der Waals surface area contributed by atoms with Gasteiger partial charge in [0, 0.05) is 0 Å². The Morgan fingerprint density at radius 3 is 2.74 bits per heavy atom. The number of rotatable bonds is 5. The average molecular weight is 263 g/mol. The predicted molar refractivity (Wildman–Crippen MR) is 69.2 cm³/mol. The molecule has 1 aromatic rings. The van der Waals surface area contributed by atoms with Crippen LogP contribution in [0, 0.1) is 11.8 Å². The summed E-state index contributed by atoms with van der Waals surface area (Å²) in [6, 6.07) is 6.51. The Labute approximate surface area is 111 Å². The van der Waals surface area contributed by atoms with Gasteiger partial charge in [-0.25, -0.2) is 4.79 Å². The molecule has 1 unspecified atom stereocenters. The van der Waals surface area contributed by atoms with Gasteiger partial charge in [0.15, 0.2) is 0 Å². The molecule has 0 saturated carbocycles. The maximum absolute atomic E-state index is 11.4. The van der Waals surface area contributed by atoms with Crippen molar-refractivity contribution in [3.05, 3.63) is 35.4 Å². The zero-order valence-electron chi connectivity index (χ0n) is 10.5. The molecular formula is C14H17NO4. The number of carboxylic acid groups (broad SMARTS) is 2. The Kier molecular flexibility index (Phi) is 4.16. The van der Waals surface area contributed by atoms with E-state index in [1.807, 2.05) is 0 Å². The third kappa shape index (κ3) is 3.32. The number of hydrogen-bond donors (Lipinski definition) is 3. The Balaban J connectivity index is 2.14. The molecule has 1 aromatic carbocycles. The van der Waals surface area contributed by atoms with Gasteiger partial charge in [-0.2, -0.15) is 0 Å². The van der Waals surface area contributed by atoms with Crippen molar-refractivity contribution < 1.29 is 19.8 Å². The maximum atomic E-state index is 11.4. The molecule has 0 spiro atoms. The Hall–Kier alpha value is -1.88. The van der Waals surface area contributed by atoms with Crippen LogP contribution in [0.3, 0.4) is 0 Å². The SMILES string of the molecule is O=C(O)c1cccc(CC(C(=O)O)[C@H]2CCNC2)c1. The molecule has 2 atom stereocenters. The molecule has 1 fully saturated rings. The number of benzene rings is 1. The van der Waals surface area contributed by atoms with Gasteiger partial charge in [0.1, 0.15) is 0 Å². The van der Waals surface area contributed by atoms with Crippen LogP contribution in [-0.4, -0.2) is 35.2 Å². The number of carbonyl (C=O) groups is 2. The van der Waals surface area contributed by atoms with E-state index in [0.717, 1.165) is 25.1 Å². The van der Waals surface area contributed by atoms with Crippen LogP contribution in [0.15, 0.2) is 24.3 Å². The summed E-state index contributed by atoms with van der Waals surface area (Å²) in [5.41, 5.74) is 0.963. The largest absolute Gasteiger partial charge is 0.481 e. The van der Waals surface area contributed by atoms with Crippen molar-refractivity contribution >= 4 is 11.9 Å². The van der Waals surface area contributed by atoms with Crippen LogP contribution in [0.1, 0.15) is 22.3 Å². The molecule has 5 heteroatoms. The lowest BCUT2D eigenvalue weighted by Crippen LogP contribution is -2.27. The molecular weight excluding hydrogens is 246 g/mol. The highest BCUT2D eigenvalue weighted by atomic mass is 16.4. The first-order chi connectivity index (χ1) is 9.08. The fourth-order valence-corrected chi connectivity index (χ4v) is 2.56. The fourth-order valence-electron chi connectivity index (χ4n) is 2.56. The molecule has 1 aliphatic heterocycles. The van der Waals surface area contributed by atoms with E-state index >= 15 is 0 Å². The summed E-state index contributed by atoms with van der Waals surface area (Å²) in [4.78, 5) is 22.3. The van der Waals surface area contributed by atoms with Crippen LogP contribution in [0.5, 0.6) is 0 Å². The van der Waals surface area contributed by atoms with Crippen molar-refractivity contribution in [1.29, 1.82) is 0 Å². The van der Waals surface area contributed by atoms with Crippen molar-refractivity contribution in [3.63, 3.8) is 0 Å². The molecule has 3 N–H and O–H groups in total. The van der Waals surface area contributed by atoms with E-state index in [9.17, 15) is 14.7 Å². The zero-order valence-corrected chi connectivity index (χ0v) is 10.5. The van der Waals surface area contributed by atoms with E-state index in [4.69, 9.17) is 5.11 Å². The van der Waals surface area contributed by atoms with Gasteiger partial charge < -0.3 is 15.5 Å². The van der Waals surface area contributed by atoms with Gasteiger partial charge in [-0.3, -0.25) is 4.79 Å². The molecule has 0 radical (unpaired) electrons.